The van der Waals surface area contributed by atoms with Crippen LogP contribution in [0.25, 0.3) is 0 Å². The zero-order valence-corrected chi connectivity index (χ0v) is 12.9. The lowest BCUT2D eigenvalue weighted by Gasteiger charge is -2.35. The highest BCUT2D eigenvalue weighted by atomic mass is 15.3. The van der Waals surface area contributed by atoms with E-state index >= 15 is 0 Å². The van der Waals surface area contributed by atoms with Crippen molar-refractivity contribution < 1.29 is 0 Å². The van der Waals surface area contributed by atoms with Crippen LogP contribution in [-0.2, 0) is 13.1 Å². The normalized spacial score (nSPS) is 26.2. The zero-order chi connectivity index (χ0) is 14.8. The molecule has 116 valence electrons. The van der Waals surface area contributed by atoms with Crippen molar-refractivity contribution in [3.63, 3.8) is 0 Å². The first-order valence-electron chi connectivity index (χ1n) is 8.19. The van der Waals surface area contributed by atoms with Crippen molar-refractivity contribution in [3.8, 4) is 0 Å². The lowest BCUT2D eigenvalue weighted by Crippen LogP contribution is -2.43. The Kier molecular flexibility index (Phi) is 3.91. The predicted molar refractivity (Wildman–Crippen MR) is 85.0 cm³/mol. The summed E-state index contributed by atoms with van der Waals surface area (Å²) in [7, 11) is 0. The molecule has 1 N–H and O–H groups in total. The van der Waals surface area contributed by atoms with E-state index in [1.165, 1.54) is 43.7 Å². The van der Waals surface area contributed by atoms with Gasteiger partial charge in [-0.1, -0.05) is 6.07 Å². The molecular weight excluding hydrogens is 274 g/mol. The molecule has 0 radical (unpaired) electrons. The van der Waals surface area contributed by atoms with E-state index in [0.717, 1.165) is 19.0 Å². The smallest absolute Gasteiger partial charge is 0.0922 e. The highest BCUT2D eigenvalue weighted by Crippen LogP contribution is 2.29. The van der Waals surface area contributed by atoms with Crippen LogP contribution in [0.15, 0.2) is 37.1 Å². The fourth-order valence-corrected chi connectivity index (χ4v) is 3.94. The summed E-state index contributed by atoms with van der Waals surface area (Å²) >= 11 is 0. The maximum absolute atomic E-state index is 4.24. The number of rotatable bonds is 4. The Morgan fingerprint density at radius 2 is 2.09 bits per heavy atom. The Bertz CT molecular complexity index is 582. The second-order valence-corrected chi connectivity index (χ2v) is 6.66. The lowest BCUT2D eigenvalue weighted by atomic mass is 9.95. The minimum Gasteiger partial charge on any atom is -0.347 e. The summed E-state index contributed by atoms with van der Waals surface area (Å²) in [6.45, 7) is 5.62. The second kappa shape index (κ2) is 6.18. The number of aromatic amines is 1. The van der Waals surface area contributed by atoms with E-state index < -0.39 is 0 Å². The lowest BCUT2D eigenvalue weighted by molar-refractivity contribution is 0.122. The average molecular weight is 297 g/mol. The number of imidazole rings is 1. The van der Waals surface area contributed by atoms with Gasteiger partial charge in [-0.15, -0.1) is 0 Å². The summed E-state index contributed by atoms with van der Waals surface area (Å²) < 4.78 is 0. The van der Waals surface area contributed by atoms with Gasteiger partial charge in [-0.2, -0.15) is 0 Å². The van der Waals surface area contributed by atoms with Crippen LogP contribution < -0.4 is 0 Å². The molecule has 0 amide bonds. The monoisotopic (exact) mass is 297 g/mol. The molecule has 0 aliphatic carbocycles. The number of aromatic nitrogens is 3. The molecule has 2 aromatic rings. The third-order valence-electron chi connectivity index (χ3n) is 4.96. The molecule has 5 heterocycles. The molecule has 2 bridgehead atoms. The number of fused-ring (bicyclic) bond motifs is 4. The quantitative estimate of drug-likeness (QED) is 0.936. The largest absolute Gasteiger partial charge is 0.347 e. The van der Waals surface area contributed by atoms with E-state index in [0.29, 0.717) is 6.04 Å². The number of pyridine rings is 1. The van der Waals surface area contributed by atoms with Crippen LogP contribution in [0.3, 0.4) is 0 Å². The van der Waals surface area contributed by atoms with E-state index in [2.05, 4.69) is 30.8 Å². The Labute approximate surface area is 131 Å². The summed E-state index contributed by atoms with van der Waals surface area (Å²) in [4.78, 5) is 16.9. The maximum atomic E-state index is 4.24. The van der Waals surface area contributed by atoms with Gasteiger partial charge in [0.05, 0.1) is 6.33 Å². The molecule has 0 aromatic carbocycles. The fourth-order valence-electron chi connectivity index (χ4n) is 3.94. The van der Waals surface area contributed by atoms with Gasteiger partial charge in [-0.25, -0.2) is 4.98 Å². The Morgan fingerprint density at radius 1 is 1.09 bits per heavy atom. The third kappa shape index (κ3) is 3.05. The number of H-pyrrole nitrogens is 1. The van der Waals surface area contributed by atoms with Gasteiger partial charge < -0.3 is 4.98 Å². The number of hydrogen-bond donors (Lipinski definition) is 1. The van der Waals surface area contributed by atoms with E-state index in [-0.39, 0.29) is 0 Å². The minimum absolute atomic E-state index is 0.665. The summed E-state index contributed by atoms with van der Waals surface area (Å²) in [5.41, 5.74) is 2.55. The molecule has 0 unspecified atom stereocenters. The van der Waals surface area contributed by atoms with Gasteiger partial charge in [-0.3, -0.25) is 14.8 Å². The first-order chi connectivity index (χ1) is 10.9. The molecule has 3 aliphatic rings. The van der Waals surface area contributed by atoms with Gasteiger partial charge in [0.25, 0.3) is 0 Å². The molecule has 5 nitrogen and oxygen atoms in total. The summed E-state index contributed by atoms with van der Waals surface area (Å²) in [5.74, 6) is 0.790. The van der Waals surface area contributed by atoms with Crippen LogP contribution >= 0.6 is 0 Å². The van der Waals surface area contributed by atoms with E-state index in [1.54, 1.807) is 6.33 Å². The van der Waals surface area contributed by atoms with Crippen LogP contribution in [0.2, 0.25) is 0 Å². The summed E-state index contributed by atoms with van der Waals surface area (Å²) in [6.07, 6.45) is 10.3. The van der Waals surface area contributed by atoms with Crippen LogP contribution in [0.4, 0.5) is 0 Å². The topological polar surface area (TPSA) is 48.1 Å². The number of hydrogen-bond acceptors (Lipinski definition) is 4. The Balaban J connectivity index is 1.44. The highest BCUT2D eigenvalue weighted by Gasteiger charge is 2.34. The van der Waals surface area contributed by atoms with Crippen LogP contribution in [-0.4, -0.2) is 50.4 Å². The Morgan fingerprint density at radius 3 is 2.91 bits per heavy atom. The van der Waals surface area contributed by atoms with Gasteiger partial charge >= 0.3 is 0 Å². The molecule has 3 aliphatic heterocycles. The fraction of sp³-hybridized carbons (Fsp3) is 0.529. The first kappa shape index (κ1) is 13.9. The molecule has 3 saturated heterocycles. The van der Waals surface area contributed by atoms with Gasteiger partial charge in [0, 0.05) is 63.1 Å². The van der Waals surface area contributed by atoms with Crippen molar-refractivity contribution in [1.29, 1.82) is 0 Å². The number of nitrogens with one attached hydrogen (secondary N) is 1. The highest BCUT2D eigenvalue weighted by molar-refractivity contribution is 5.09. The molecule has 0 spiro atoms. The van der Waals surface area contributed by atoms with E-state index in [4.69, 9.17) is 0 Å². The summed E-state index contributed by atoms with van der Waals surface area (Å²) in [5, 5.41) is 0. The van der Waals surface area contributed by atoms with E-state index in [1.807, 2.05) is 24.7 Å². The van der Waals surface area contributed by atoms with Crippen molar-refractivity contribution in [2.45, 2.75) is 32.0 Å². The molecule has 22 heavy (non-hydrogen) atoms. The zero-order valence-electron chi connectivity index (χ0n) is 12.9. The molecule has 3 fully saturated rings. The third-order valence-corrected chi connectivity index (χ3v) is 4.96. The maximum Gasteiger partial charge on any atom is 0.0922 e. The van der Waals surface area contributed by atoms with Crippen molar-refractivity contribution in [1.82, 2.24) is 24.8 Å². The summed E-state index contributed by atoms with van der Waals surface area (Å²) in [6, 6.07) is 4.88. The van der Waals surface area contributed by atoms with Crippen molar-refractivity contribution >= 4 is 0 Å². The van der Waals surface area contributed by atoms with Crippen LogP contribution in [0.5, 0.6) is 0 Å². The SMILES string of the molecule is c1cncc(CN2C[C@@H]3CC[C@H](C2)N(Cc2cnc[nH]2)C3)c1. The van der Waals surface area contributed by atoms with Gasteiger partial charge in [0.15, 0.2) is 0 Å². The number of nitrogens with zero attached hydrogens (tertiary/aromatic N) is 4. The molecule has 5 rings (SSSR count). The average Bonchev–Trinajstić information content (AvgIpc) is 2.89. The van der Waals surface area contributed by atoms with Crippen LogP contribution in [0, 0.1) is 5.92 Å². The first-order valence-corrected chi connectivity index (χ1v) is 8.19. The van der Waals surface area contributed by atoms with Gasteiger partial charge in [0.1, 0.15) is 0 Å². The number of piperidine rings is 1. The molecule has 2 aromatic heterocycles. The molecular formula is C17H23N5. The van der Waals surface area contributed by atoms with Gasteiger partial charge in [0.2, 0.25) is 0 Å². The van der Waals surface area contributed by atoms with Crippen molar-refractivity contribution in [2.75, 3.05) is 19.6 Å². The molecule has 0 saturated carbocycles. The van der Waals surface area contributed by atoms with Crippen LogP contribution in [0.1, 0.15) is 24.1 Å². The van der Waals surface area contributed by atoms with Crippen molar-refractivity contribution in [2.24, 2.45) is 5.92 Å². The molecule has 2 atom stereocenters. The standard InChI is InChI=1S/C17H23N5/c1-2-14(6-18-5-1)8-21-9-15-3-4-17(12-21)22(10-15)11-16-7-19-13-20-16/h1-2,5-7,13,15,17H,3-4,8-12H2,(H,19,20)/t15-,17+/m0/s1. The van der Waals surface area contributed by atoms with Crippen molar-refractivity contribution in [3.05, 3.63) is 48.3 Å². The minimum atomic E-state index is 0.665. The second-order valence-electron chi connectivity index (χ2n) is 6.66. The van der Waals surface area contributed by atoms with Gasteiger partial charge in [-0.05, 0) is 30.4 Å². The molecule has 5 heteroatoms. The predicted octanol–water partition coefficient (Wildman–Crippen LogP) is 1.90. The van der Waals surface area contributed by atoms with E-state index in [9.17, 15) is 0 Å². The Hall–Kier alpha value is -1.72.